The van der Waals surface area contributed by atoms with Gasteiger partial charge in [-0.3, -0.25) is 4.79 Å². The third-order valence-electron chi connectivity index (χ3n) is 4.49. The Morgan fingerprint density at radius 1 is 1.40 bits per heavy atom. The largest absolute Gasteiger partial charge is 0.456 e. The van der Waals surface area contributed by atoms with Crippen molar-refractivity contribution in [3.8, 4) is 0 Å². The van der Waals surface area contributed by atoms with Crippen LogP contribution >= 0.6 is 0 Å². The molecule has 0 bridgehead atoms. The van der Waals surface area contributed by atoms with Crippen molar-refractivity contribution in [3.05, 3.63) is 35.8 Å². The fourth-order valence-corrected chi connectivity index (χ4v) is 3.04. The van der Waals surface area contributed by atoms with Crippen LogP contribution < -0.4 is 5.32 Å². The van der Waals surface area contributed by atoms with Gasteiger partial charge in [0.1, 0.15) is 12.3 Å². The van der Waals surface area contributed by atoms with Gasteiger partial charge in [0.2, 0.25) is 5.91 Å². The third kappa shape index (κ3) is 3.60. The zero-order valence-corrected chi connectivity index (χ0v) is 14.4. The van der Waals surface area contributed by atoms with Crippen molar-refractivity contribution in [2.24, 2.45) is 0 Å². The van der Waals surface area contributed by atoms with Crippen molar-refractivity contribution in [2.45, 2.75) is 26.3 Å². The highest BCUT2D eigenvalue weighted by molar-refractivity contribution is 5.85. The highest BCUT2D eigenvalue weighted by atomic mass is 19.1. The van der Waals surface area contributed by atoms with Gasteiger partial charge in [-0.1, -0.05) is 12.1 Å². The molecule has 7 heteroatoms. The van der Waals surface area contributed by atoms with Gasteiger partial charge in [-0.15, -0.1) is 0 Å². The zero-order chi connectivity index (χ0) is 18.0. The number of urea groups is 1. The summed E-state index contributed by atoms with van der Waals surface area (Å²) >= 11 is 0. The summed E-state index contributed by atoms with van der Waals surface area (Å²) in [5.41, 5.74) is 0.183. The minimum absolute atomic E-state index is 0.0476. The maximum Gasteiger partial charge on any atom is 0.318 e. The maximum atomic E-state index is 13.7. The number of nitrogens with zero attached hydrogens (tertiary/aromatic N) is 2. The molecule has 2 aromatic rings. The van der Waals surface area contributed by atoms with E-state index in [2.05, 4.69) is 5.32 Å². The Morgan fingerprint density at radius 2 is 2.20 bits per heavy atom. The Morgan fingerprint density at radius 3 is 2.92 bits per heavy atom. The summed E-state index contributed by atoms with van der Waals surface area (Å²) in [7, 11) is 0. The second-order valence-electron chi connectivity index (χ2n) is 6.23. The van der Waals surface area contributed by atoms with Crippen molar-refractivity contribution in [2.75, 3.05) is 26.2 Å². The Labute approximate surface area is 145 Å². The number of amides is 3. The first-order chi connectivity index (χ1) is 12.0. The summed E-state index contributed by atoms with van der Waals surface area (Å²) < 4.78 is 19.3. The van der Waals surface area contributed by atoms with Gasteiger partial charge in [0.05, 0.1) is 6.04 Å². The molecule has 3 amide bonds. The quantitative estimate of drug-likeness (QED) is 0.928. The first-order valence-corrected chi connectivity index (χ1v) is 8.50. The number of carbonyl (C=O) groups is 2. The van der Waals surface area contributed by atoms with E-state index in [1.165, 1.54) is 11.0 Å². The van der Waals surface area contributed by atoms with Gasteiger partial charge in [-0.25, -0.2) is 9.18 Å². The van der Waals surface area contributed by atoms with E-state index < -0.39 is 11.9 Å². The van der Waals surface area contributed by atoms with E-state index >= 15 is 0 Å². The van der Waals surface area contributed by atoms with Crippen LogP contribution in [0.25, 0.3) is 11.0 Å². The first kappa shape index (κ1) is 17.3. The van der Waals surface area contributed by atoms with Crippen molar-refractivity contribution in [1.29, 1.82) is 0 Å². The topological polar surface area (TPSA) is 65.8 Å². The zero-order valence-electron chi connectivity index (χ0n) is 14.4. The van der Waals surface area contributed by atoms with Crippen LogP contribution in [0.3, 0.4) is 0 Å². The number of nitrogens with one attached hydrogen (secondary N) is 1. The standard InChI is InChI=1S/C18H22FN3O3/c1-3-21-8-5-9-22(11-16(21)23)18(24)20-12(2)15-10-13-6-4-7-14(19)17(13)25-15/h4,6-7,10,12H,3,5,8-9,11H2,1-2H3,(H,20,24). The average Bonchev–Trinajstić information content (AvgIpc) is 2.94. The summed E-state index contributed by atoms with van der Waals surface area (Å²) in [6.45, 7) is 5.60. The minimum atomic E-state index is -0.431. The number of hydrogen-bond acceptors (Lipinski definition) is 3. The molecule has 1 aliphatic rings. The predicted molar refractivity (Wildman–Crippen MR) is 91.6 cm³/mol. The van der Waals surface area contributed by atoms with E-state index in [1.54, 1.807) is 30.0 Å². The van der Waals surface area contributed by atoms with E-state index in [9.17, 15) is 14.0 Å². The second-order valence-corrected chi connectivity index (χ2v) is 6.23. The summed E-state index contributed by atoms with van der Waals surface area (Å²) in [6, 6.07) is 5.67. The number of halogens is 1. The molecule has 1 aromatic carbocycles. The van der Waals surface area contributed by atoms with Gasteiger partial charge in [-0.05, 0) is 32.4 Å². The summed E-state index contributed by atoms with van der Waals surface area (Å²) in [5.74, 6) is -0.00144. The monoisotopic (exact) mass is 347 g/mol. The fourth-order valence-electron chi connectivity index (χ4n) is 3.04. The Bertz CT molecular complexity index is 789. The first-order valence-electron chi connectivity index (χ1n) is 8.50. The Hall–Kier alpha value is -2.57. The normalized spacial score (nSPS) is 16.8. The number of carbonyl (C=O) groups excluding carboxylic acids is 2. The lowest BCUT2D eigenvalue weighted by molar-refractivity contribution is -0.130. The van der Waals surface area contributed by atoms with E-state index in [0.29, 0.717) is 30.8 Å². The van der Waals surface area contributed by atoms with Crippen molar-refractivity contribution < 1.29 is 18.4 Å². The van der Waals surface area contributed by atoms with Gasteiger partial charge >= 0.3 is 6.03 Å². The smallest absolute Gasteiger partial charge is 0.318 e. The molecule has 134 valence electrons. The molecular weight excluding hydrogens is 325 g/mol. The van der Waals surface area contributed by atoms with Crippen molar-refractivity contribution in [1.82, 2.24) is 15.1 Å². The molecule has 0 spiro atoms. The number of hydrogen-bond donors (Lipinski definition) is 1. The van der Waals surface area contributed by atoms with Crippen molar-refractivity contribution in [3.63, 3.8) is 0 Å². The molecule has 1 saturated heterocycles. The average molecular weight is 347 g/mol. The van der Waals surface area contributed by atoms with Gasteiger partial charge in [0, 0.05) is 25.0 Å². The molecule has 1 N–H and O–H groups in total. The third-order valence-corrected chi connectivity index (χ3v) is 4.49. The van der Waals surface area contributed by atoms with E-state index in [-0.39, 0.29) is 24.1 Å². The van der Waals surface area contributed by atoms with Gasteiger partial charge in [0.25, 0.3) is 0 Å². The SMILES string of the molecule is CCN1CCCN(C(=O)NC(C)c2cc3cccc(F)c3o2)CC1=O. The molecule has 2 heterocycles. The summed E-state index contributed by atoms with van der Waals surface area (Å²) in [4.78, 5) is 27.9. The molecule has 1 aromatic heterocycles. The Kier molecular flexibility index (Phi) is 4.92. The minimum Gasteiger partial charge on any atom is -0.456 e. The molecule has 0 radical (unpaired) electrons. The molecule has 25 heavy (non-hydrogen) atoms. The van der Waals surface area contributed by atoms with Crippen LogP contribution in [0, 0.1) is 5.82 Å². The number of rotatable bonds is 3. The maximum absolute atomic E-state index is 13.7. The van der Waals surface area contributed by atoms with E-state index in [0.717, 1.165) is 6.42 Å². The van der Waals surface area contributed by atoms with E-state index in [4.69, 9.17) is 4.42 Å². The molecule has 0 aliphatic carbocycles. The highest BCUT2D eigenvalue weighted by Gasteiger charge is 2.25. The molecule has 1 unspecified atom stereocenters. The fraction of sp³-hybridized carbons (Fsp3) is 0.444. The van der Waals surface area contributed by atoms with Crippen LogP contribution in [-0.4, -0.2) is 47.9 Å². The number of likely N-dealkylation sites (N-methyl/N-ethyl adjacent to an activating group) is 1. The number of fused-ring (bicyclic) bond motifs is 1. The van der Waals surface area contributed by atoms with Crippen LogP contribution in [0.5, 0.6) is 0 Å². The Balaban J connectivity index is 1.69. The molecular formula is C18H22FN3O3. The van der Waals surface area contributed by atoms with Crippen molar-refractivity contribution >= 4 is 22.9 Å². The van der Waals surface area contributed by atoms with E-state index in [1.807, 2.05) is 6.92 Å². The van der Waals surface area contributed by atoms with Gasteiger partial charge < -0.3 is 19.5 Å². The molecule has 1 fully saturated rings. The molecule has 3 rings (SSSR count). The van der Waals surface area contributed by atoms with Crippen LogP contribution in [0.15, 0.2) is 28.7 Å². The summed E-state index contributed by atoms with van der Waals surface area (Å²) in [6.07, 6.45) is 0.747. The molecule has 1 aliphatic heterocycles. The number of para-hydroxylation sites is 1. The van der Waals surface area contributed by atoms with Gasteiger partial charge in [-0.2, -0.15) is 0 Å². The summed E-state index contributed by atoms with van der Waals surface area (Å²) in [5, 5.41) is 3.48. The van der Waals surface area contributed by atoms with Gasteiger partial charge in [0.15, 0.2) is 11.4 Å². The second kappa shape index (κ2) is 7.13. The number of furan rings is 1. The molecule has 6 nitrogen and oxygen atoms in total. The predicted octanol–water partition coefficient (Wildman–Crippen LogP) is 2.90. The lowest BCUT2D eigenvalue weighted by Gasteiger charge is -2.22. The van der Waals surface area contributed by atoms with Crippen LogP contribution in [0.4, 0.5) is 9.18 Å². The number of benzene rings is 1. The highest BCUT2D eigenvalue weighted by Crippen LogP contribution is 2.26. The van der Waals surface area contributed by atoms with Crippen LogP contribution in [0.1, 0.15) is 32.1 Å². The van der Waals surface area contributed by atoms with Crippen LogP contribution in [0.2, 0.25) is 0 Å². The lowest BCUT2D eigenvalue weighted by atomic mass is 10.2. The molecule has 0 saturated carbocycles. The lowest BCUT2D eigenvalue weighted by Crippen LogP contribution is -2.44. The van der Waals surface area contributed by atoms with Crippen LogP contribution in [-0.2, 0) is 4.79 Å². The molecule has 1 atom stereocenters.